The standard InChI is InChI=1S/C23H20N6O/c1-3-18(30)28-16-8-13(2)21-19(15-9-14-6-4-5-7-17(14)25-10-15)20-22(24)26-12-27-23(20)29(21)11-16/h3-7,9-10,12,16H,1-2,8,11H2,(H,28,30)(H2,24,26,27)/t16-/m1/s1. The van der Waals surface area contributed by atoms with Crippen LogP contribution in [0.15, 0.2) is 62.1 Å². The zero-order chi connectivity index (χ0) is 20.8. The summed E-state index contributed by atoms with van der Waals surface area (Å²) in [4.78, 5) is 25.2. The number of pyridine rings is 1. The number of nitrogens with one attached hydrogen (secondary N) is 1. The summed E-state index contributed by atoms with van der Waals surface area (Å²) < 4.78 is 2.07. The lowest BCUT2D eigenvalue weighted by Gasteiger charge is -2.28. The molecule has 3 N–H and O–H groups in total. The van der Waals surface area contributed by atoms with E-state index in [2.05, 4.69) is 44.1 Å². The van der Waals surface area contributed by atoms with Crippen LogP contribution in [-0.4, -0.2) is 31.5 Å². The summed E-state index contributed by atoms with van der Waals surface area (Å²) in [6.07, 6.45) is 5.21. The number of para-hydroxylation sites is 1. The van der Waals surface area contributed by atoms with Gasteiger partial charge in [-0.05, 0) is 30.2 Å². The Balaban J connectivity index is 1.75. The molecule has 4 heterocycles. The van der Waals surface area contributed by atoms with Gasteiger partial charge in [0.2, 0.25) is 5.91 Å². The van der Waals surface area contributed by atoms with Gasteiger partial charge in [-0.3, -0.25) is 9.78 Å². The lowest BCUT2D eigenvalue weighted by Crippen LogP contribution is -2.39. The summed E-state index contributed by atoms with van der Waals surface area (Å²) in [6.45, 7) is 8.40. The zero-order valence-corrected chi connectivity index (χ0v) is 16.3. The first-order valence-electron chi connectivity index (χ1n) is 9.65. The van der Waals surface area contributed by atoms with Crippen molar-refractivity contribution in [1.82, 2.24) is 24.8 Å². The van der Waals surface area contributed by atoms with Crippen molar-refractivity contribution in [2.75, 3.05) is 5.73 Å². The van der Waals surface area contributed by atoms with Crippen LogP contribution in [0, 0.1) is 0 Å². The minimum Gasteiger partial charge on any atom is -0.383 e. The lowest BCUT2D eigenvalue weighted by atomic mass is 9.94. The molecule has 0 aliphatic carbocycles. The van der Waals surface area contributed by atoms with Gasteiger partial charge in [0, 0.05) is 29.3 Å². The second-order valence-electron chi connectivity index (χ2n) is 7.43. The molecule has 30 heavy (non-hydrogen) atoms. The van der Waals surface area contributed by atoms with E-state index in [4.69, 9.17) is 5.73 Å². The van der Waals surface area contributed by atoms with Crippen molar-refractivity contribution < 1.29 is 4.79 Å². The lowest BCUT2D eigenvalue weighted by molar-refractivity contribution is -0.117. The highest BCUT2D eigenvalue weighted by atomic mass is 16.1. The van der Waals surface area contributed by atoms with Crippen molar-refractivity contribution in [1.29, 1.82) is 0 Å². The number of fused-ring (bicyclic) bond motifs is 4. The van der Waals surface area contributed by atoms with E-state index in [1.54, 1.807) is 0 Å². The molecule has 0 saturated carbocycles. The van der Waals surface area contributed by atoms with Crippen molar-refractivity contribution in [3.63, 3.8) is 0 Å². The fourth-order valence-electron chi connectivity index (χ4n) is 4.26. The fraction of sp³-hybridized carbons (Fsp3) is 0.130. The summed E-state index contributed by atoms with van der Waals surface area (Å²) in [7, 11) is 0. The molecule has 0 fully saturated rings. The number of hydrogen-bond acceptors (Lipinski definition) is 5. The summed E-state index contributed by atoms with van der Waals surface area (Å²) >= 11 is 0. The maximum atomic E-state index is 11.8. The van der Waals surface area contributed by atoms with Gasteiger partial charge in [0.05, 0.1) is 22.6 Å². The highest BCUT2D eigenvalue weighted by molar-refractivity contribution is 6.07. The third-order valence-corrected chi connectivity index (χ3v) is 5.51. The largest absolute Gasteiger partial charge is 0.383 e. The van der Waals surface area contributed by atoms with Crippen LogP contribution < -0.4 is 11.1 Å². The molecule has 1 aromatic carbocycles. The molecular formula is C23H20N6O. The fourth-order valence-corrected chi connectivity index (χ4v) is 4.26. The highest BCUT2D eigenvalue weighted by Gasteiger charge is 2.30. The second-order valence-corrected chi connectivity index (χ2v) is 7.43. The monoisotopic (exact) mass is 396 g/mol. The van der Waals surface area contributed by atoms with Crippen LogP contribution >= 0.6 is 0 Å². The van der Waals surface area contributed by atoms with E-state index in [0.717, 1.165) is 44.3 Å². The van der Waals surface area contributed by atoms with Crippen LogP contribution in [0.25, 0.3) is 38.6 Å². The number of aromatic nitrogens is 4. The molecular weight excluding hydrogens is 376 g/mol. The Kier molecular flexibility index (Phi) is 4.10. The van der Waals surface area contributed by atoms with E-state index >= 15 is 0 Å². The van der Waals surface area contributed by atoms with Gasteiger partial charge in [0.15, 0.2) is 0 Å². The summed E-state index contributed by atoms with van der Waals surface area (Å²) in [5.41, 5.74) is 11.7. The third-order valence-electron chi connectivity index (χ3n) is 5.51. The molecule has 3 aromatic heterocycles. The maximum absolute atomic E-state index is 11.8. The van der Waals surface area contributed by atoms with Crippen molar-refractivity contribution in [3.05, 3.63) is 67.8 Å². The average molecular weight is 396 g/mol. The van der Waals surface area contributed by atoms with Crippen molar-refractivity contribution in [2.24, 2.45) is 0 Å². The molecule has 1 aliphatic heterocycles. The molecule has 0 spiro atoms. The number of nitrogen functional groups attached to an aromatic ring is 1. The number of carbonyl (C=O) groups excluding carboxylic acids is 1. The molecule has 5 rings (SSSR count). The summed E-state index contributed by atoms with van der Waals surface area (Å²) in [5, 5.41) is 4.78. The molecule has 148 valence electrons. The Labute approximate surface area is 173 Å². The second kappa shape index (κ2) is 6.81. The Morgan fingerprint density at radius 1 is 1.27 bits per heavy atom. The van der Waals surface area contributed by atoms with Crippen LogP contribution in [0.4, 0.5) is 5.82 Å². The van der Waals surface area contributed by atoms with E-state index in [1.165, 1.54) is 12.4 Å². The first-order chi connectivity index (χ1) is 14.6. The molecule has 1 aliphatic rings. The number of nitrogens with two attached hydrogens (primary N) is 1. The minimum atomic E-state index is -0.208. The zero-order valence-electron chi connectivity index (χ0n) is 16.3. The Bertz CT molecular complexity index is 1350. The van der Waals surface area contributed by atoms with E-state index < -0.39 is 0 Å². The maximum Gasteiger partial charge on any atom is 0.243 e. The molecule has 7 heteroatoms. The number of nitrogens with zero attached hydrogens (tertiary/aromatic N) is 4. The van der Waals surface area contributed by atoms with Gasteiger partial charge >= 0.3 is 0 Å². The highest BCUT2D eigenvalue weighted by Crippen LogP contribution is 2.43. The van der Waals surface area contributed by atoms with Gasteiger partial charge in [0.25, 0.3) is 0 Å². The van der Waals surface area contributed by atoms with Gasteiger partial charge in [0.1, 0.15) is 17.8 Å². The molecule has 0 bridgehead atoms. The average Bonchev–Trinajstić information content (AvgIpc) is 3.09. The number of amides is 1. The van der Waals surface area contributed by atoms with Crippen molar-refractivity contribution in [3.8, 4) is 11.1 Å². The topological polar surface area (TPSA) is 98.7 Å². The van der Waals surface area contributed by atoms with Gasteiger partial charge in [-0.25, -0.2) is 9.97 Å². The first-order valence-corrected chi connectivity index (χ1v) is 9.65. The smallest absolute Gasteiger partial charge is 0.243 e. The molecule has 4 aromatic rings. The van der Waals surface area contributed by atoms with E-state index in [-0.39, 0.29) is 11.9 Å². The normalized spacial score (nSPS) is 15.9. The van der Waals surface area contributed by atoms with Gasteiger partial charge in [-0.15, -0.1) is 0 Å². The Morgan fingerprint density at radius 2 is 2.10 bits per heavy atom. The predicted molar refractivity (Wildman–Crippen MR) is 118 cm³/mol. The van der Waals surface area contributed by atoms with Crippen LogP contribution in [0.1, 0.15) is 12.1 Å². The van der Waals surface area contributed by atoms with Crippen LogP contribution in [0.5, 0.6) is 0 Å². The Hall–Kier alpha value is -4.00. The number of benzene rings is 1. The molecule has 1 atom stereocenters. The van der Waals surface area contributed by atoms with E-state index in [9.17, 15) is 4.79 Å². The Morgan fingerprint density at radius 3 is 2.93 bits per heavy atom. The molecule has 0 unspecified atom stereocenters. The van der Waals surface area contributed by atoms with Crippen molar-refractivity contribution in [2.45, 2.75) is 19.0 Å². The molecule has 0 saturated heterocycles. The quantitative estimate of drug-likeness (QED) is 0.518. The minimum absolute atomic E-state index is 0.107. The summed E-state index contributed by atoms with van der Waals surface area (Å²) in [6, 6.07) is 9.97. The molecule has 1 amide bonds. The number of rotatable bonds is 3. The van der Waals surface area contributed by atoms with Gasteiger partial charge < -0.3 is 15.6 Å². The van der Waals surface area contributed by atoms with E-state index in [1.807, 2.05) is 30.5 Å². The first kappa shape index (κ1) is 18.1. The molecule has 7 nitrogen and oxygen atoms in total. The van der Waals surface area contributed by atoms with Gasteiger partial charge in [-0.2, -0.15) is 0 Å². The number of anilines is 1. The van der Waals surface area contributed by atoms with E-state index in [0.29, 0.717) is 18.8 Å². The summed E-state index contributed by atoms with van der Waals surface area (Å²) in [5.74, 6) is 0.199. The van der Waals surface area contributed by atoms with Crippen LogP contribution in [0.3, 0.4) is 0 Å². The number of carbonyl (C=O) groups is 1. The predicted octanol–water partition coefficient (Wildman–Crippen LogP) is 3.32. The van der Waals surface area contributed by atoms with Crippen LogP contribution in [0.2, 0.25) is 0 Å². The van der Waals surface area contributed by atoms with Crippen LogP contribution in [-0.2, 0) is 11.3 Å². The molecule has 0 radical (unpaired) electrons. The van der Waals surface area contributed by atoms with Crippen molar-refractivity contribution >= 4 is 39.2 Å². The number of hydrogen-bond donors (Lipinski definition) is 2. The SMILES string of the molecule is C=CC(=O)N[C@@H]1CC(=C)c2c(-c3cnc4ccccc4c3)c3c(N)ncnc3n2C1. The van der Waals surface area contributed by atoms with Gasteiger partial charge in [-0.1, -0.05) is 31.4 Å². The third kappa shape index (κ3) is 2.75.